The topological polar surface area (TPSA) is 86.9 Å². The van der Waals surface area contributed by atoms with E-state index in [1.165, 1.54) is 0 Å². The molecule has 0 aliphatic heterocycles. The molecule has 0 aliphatic carbocycles. The molecule has 1 aromatic heterocycles. The van der Waals surface area contributed by atoms with E-state index in [1.807, 2.05) is 6.92 Å². The van der Waals surface area contributed by atoms with E-state index in [0.29, 0.717) is 6.54 Å². The van der Waals surface area contributed by atoms with Crippen molar-refractivity contribution in [3.8, 4) is 0 Å². The summed E-state index contributed by atoms with van der Waals surface area (Å²) in [5.41, 5.74) is 2.16. The Morgan fingerprint density at radius 2 is 2.18 bits per heavy atom. The minimum absolute atomic E-state index is 0.0939. The quantitative estimate of drug-likeness (QED) is 0.623. The number of aromatic nitrogens is 2. The molecule has 0 aromatic carbocycles. The van der Waals surface area contributed by atoms with Gasteiger partial charge in [-0.1, -0.05) is 0 Å². The van der Waals surface area contributed by atoms with Crippen molar-refractivity contribution in [1.82, 2.24) is 19.6 Å². The van der Waals surface area contributed by atoms with E-state index in [0.717, 1.165) is 24.1 Å². The molecule has 0 bridgehead atoms. The van der Waals surface area contributed by atoms with E-state index in [2.05, 4.69) is 19.6 Å². The molecular weight excluding hydrogens is 240 g/mol. The average molecular weight is 260 g/mol. The lowest BCUT2D eigenvalue weighted by atomic mass is 10.1. The third kappa shape index (κ3) is 5.29. The van der Waals surface area contributed by atoms with Gasteiger partial charge < -0.3 is 0 Å². The minimum atomic E-state index is -3.36. The Balaban J connectivity index is 2.27. The van der Waals surface area contributed by atoms with Gasteiger partial charge in [-0.05, 0) is 39.2 Å². The van der Waals surface area contributed by atoms with Crippen LogP contribution >= 0.6 is 0 Å². The van der Waals surface area contributed by atoms with Crippen molar-refractivity contribution in [3.63, 3.8) is 0 Å². The van der Waals surface area contributed by atoms with E-state index >= 15 is 0 Å². The van der Waals surface area contributed by atoms with Crippen LogP contribution in [0.3, 0.4) is 0 Å². The van der Waals surface area contributed by atoms with Crippen molar-refractivity contribution < 1.29 is 8.42 Å². The number of aromatic amines is 1. The number of H-pyrrole nitrogens is 1. The Hall–Kier alpha value is -0.920. The van der Waals surface area contributed by atoms with Crippen LogP contribution in [0.2, 0.25) is 0 Å². The molecule has 6 nitrogen and oxygen atoms in total. The Bertz CT molecular complexity index is 439. The first-order chi connectivity index (χ1) is 7.91. The Kier molecular flexibility index (Phi) is 5.10. The fourth-order valence-electron chi connectivity index (χ4n) is 1.47. The first kappa shape index (κ1) is 14.1. The lowest BCUT2D eigenvalue weighted by Gasteiger charge is -2.10. The average Bonchev–Trinajstić information content (AvgIpc) is 2.57. The van der Waals surface area contributed by atoms with Crippen LogP contribution in [-0.2, 0) is 16.6 Å². The number of rotatable bonds is 7. The van der Waals surface area contributed by atoms with Gasteiger partial charge in [0, 0.05) is 18.3 Å². The monoisotopic (exact) mass is 260 g/mol. The van der Waals surface area contributed by atoms with Crippen molar-refractivity contribution in [2.75, 3.05) is 6.54 Å². The van der Waals surface area contributed by atoms with Gasteiger partial charge in [0.15, 0.2) is 0 Å². The third-order valence-corrected chi connectivity index (χ3v) is 3.61. The molecule has 0 unspecified atom stereocenters. The van der Waals surface area contributed by atoms with Crippen molar-refractivity contribution in [2.45, 2.75) is 39.7 Å². The molecular formula is C10H20N4O2S. The van der Waals surface area contributed by atoms with Gasteiger partial charge in [-0.3, -0.25) is 5.10 Å². The van der Waals surface area contributed by atoms with E-state index in [4.69, 9.17) is 0 Å². The fourth-order valence-corrected chi connectivity index (χ4v) is 2.58. The van der Waals surface area contributed by atoms with Crippen LogP contribution in [0.4, 0.5) is 0 Å². The van der Waals surface area contributed by atoms with E-state index in [-0.39, 0.29) is 6.04 Å². The van der Waals surface area contributed by atoms with Gasteiger partial charge in [-0.25, -0.2) is 4.72 Å². The number of nitrogens with zero attached hydrogens (tertiary/aromatic N) is 1. The second kappa shape index (κ2) is 6.13. The highest BCUT2D eigenvalue weighted by atomic mass is 32.2. The molecule has 0 atom stereocenters. The molecule has 0 aliphatic rings. The summed E-state index contributed by atoms with van der Waals surface area (Å²) in [6.07, 6.45) is 3.34. The Morgan fingerprint density at radius 1 is 1.47 bits per heavy atom. The minimum Gasteiger partial charge on any atom is -0.283 e. The van der Waals surface area contributed by atoms with Crippen LogP contribution in [-0.4, -0.2) is 31.2 Å². The summed E-state index contributed by atoms with van der Waals surface area (Å²) in [6.45, 7) is 5.95. The Labute approximate surface area is 102 Å². The predicted molar refractivity (Wildman–Crippen MR) is 66.8 cm³/mol. The van der Waals surface area contributed by atoms with Gasteiger partial charge in [-0.15, -0.1) is 0 Å². The predicted octanol–water partition coefficient (Wildman–Crippen LogP) is 0.483. The molecule has 0 radical (unpaired) electrons. The molecule has 17 heavy (non-hydrogen) atoms. The van der Waals surface area contributed by atoms with Gasteiger partial charge in [0.2, 0.25) is 0 Å². The van der Waals surface area contributed by atoms with Gasteiger partial charge >= 0.3 is 0 Å². The lowest BCUT2D eigenvalue weighted by Crippen LogP contribution is -2.40. The zero-order chi connectivity index (χ0) is 12.9. The van der Waals surface area contributed by atoms with Crippen molar-refractivity contribution in [1.29, 1.82) is 0 Å². The highest BCUT2D eigenvalue weighted by Crippen LogP contribution is 2.05. The van der Waals surface area contributed by atoms with E-state index in [9.17, 15) is 8.42 Å². The maximum absolute atomic E-state index is 11.4. The first-order valence-electron chi connectivity index (χ1n) is 5.66. The highest BCUT2D eigenvalue weighted by molar-refractivity contribution is 7.87. The SMILES string of the molecule is Cc1[nH]ncc1CCCNS(=O)(=O)NC(C)C. The fraction of sp³-hybridized carbons (Fsp3) is 0.700. The van der Waals surface area contributed by atoms with Gasteiger partial charge in [-0.2, -0.15) is 18.2 Å². The number of nitrogens with one attached hydrogen (secondary N) is 3. The maximum Gasteiger partial charge on any atom is 0.277 e. The summed E-state index contributed by atoms with van der Waals surface area (Å²) in [4.78, 5) is 0. The van der Waals surface area contributed by atoms with Crippen LogP contribution in [0, 0.1) is 6.92 Å². The summed E-state index contributed by atoms with van der Waals surface area (Å²) in [5.74, 6) is 0. The zero-order valence-electron chi connectivity index (χ0n) is 10.4. The summed E-state index contributed by atoms with van der Waals surface area (Å²) < 4.78 is 27.8. The van der Waals surface area contributed by atoms with Gasteiger partial charge in [0.1, 0.15) is 0 Å². The second-order valence-corrected chi connectivity index (χ2v) is 5.83. The smallest absolute Gasteiger partial charge is 0.277 e. The second-order valence-electron chi connectivity index (χ2n) is 4.29. The maximum atomic E-state index is 11.4. The summed E-state index contributed by atoms with van der Waals surface area (Å²) in [7, 11) is -3.36. The Morgan fingerprint density at radius 3 is 2.71 bits per heavy atom. The lowest BCUT2D eigenvalue weighted by molar-refractivity contribution is 0.553. The summed E-state index contributed by atoms with van der Waals surface area (Å²) in [6, 6.07) is -0.0939. The van der Waals surface area contributed by atoms with Gasteiger partial charge in [0.25, 0.3) is 10.2 Å². The zero-order valence-corrected chi connectivity index (χ0v) is 11.3. The largest absolute Gasteiger partial charge is 0.283 e. The third-order valence-electron chi connectivity index (χ3n) is 2.24. The normalized spacial score (nSPS) is 12.2. The van der Waals surface area contributed by atoms with E-state index in [1.54, 1.807) is 20.0 Å². The molecule has 1 heterocycles. The molecule has 0 saturated carbocycles. The number of aryl methyl sites for hydroxylation is 2. The van der Waals surface area contributed by atoms with Gasteiger partial charge in [0.05, 0.1) is 6.20 Å². The van der Waals surface area contributed by atoms with Crippen LogP contribution < -0.4 is 9.44 Å². The molecule has 7 heteroatoms. The molecule has 0 amide bonds. The van der Waals surface area contributed by atoms with Crippen LogP contribution in [0.15, 0.2) is 6.20 Å². The molecule has 0 spiro atoms. The molecule has 1 rings (SSSR count). The van der Waals surface area contributed by atoms with Crippen molar-refractivity contribution in [2.24, 2.45) is 0 Å². The summed E-state index contributed by atoms with van der Waals surface area (Å²) in [5, 5.41) is 6.76. The number of hydrogen-bond acceptors (Lipinski definition) is 3. The van der Waals surface area contributed by atoms with Crippen molar-refractivity contribution >= 4 is 10.2 Å². The van der Waals surface area contributed by atoms with Crippen LogP contribution in [0.5, 0.6) is 0 Å². The molecule has 1 aromatic rings. The highest BCUT2D eigenvalue weighted by Gasteiger charge is 2.10. The summed E-state index contributed by atoms with van der Waals surface area (Å²) >= 11 is 0. The number of hydrogen-bond donors (Lipinski definition) is 3. The molecule has 3 N–H and O–H groups in total. The standard InChI is InChI=1S/C10H20N4O2S/c1-8(2)14-17(15,16)12-6-4-5-10-7-11-13-9(10)3/h7-8,12,14H,4-6H2,1-3H3,(H,11,13). The first-order valence-corrected chi connectivity index (χ1v) is 7.15. The van der Waals surface area contributed by atoms with Crippen LogP contribution in [0.25, 0.3) is 0 Å². The van der Waals surface area contributed by atoms with Crippen molar-refractivity contribution in [3.05, 3.63) is 17.5 Å². The molecule has 0 fully saturated rings. The van der Waals surface area contributed by atoms with E-state index < -0.39 is 10.2 Å². The molecule has 0 saturated heterocycles. The van der Waals surface area contributed by atoms with Crippen LogP contribution in [0.1, 0.15) is 31.5 Å². The molecule has 98 valence electrons.